The van der Waals surface area contributed by atoms with Crippen LogP contribution in [0.5, 0.6) is 5.88 Å². The van der Waals surface area contributed by atoms with Gasteiger partial charge in [0.05, 0.1) is 13.7 Å². The quantitative estimate of drug-likeness (QED) is 0.717. The summed E-state index contributed by atoms with van der Waals surface area (Å²) in [6.07, 6.45) is 0. The Bertz CT molecular complexity index is 349. The van der Waals surface area contributed by atoms with Crippen molar-refractivity contribution in [1.82, 2.24) is 9.97 Å². The van der Waals surface area contributed by atoms with Crippen molar-refractivity contribution in [3.05, 3.63) is 11.9 Å². The van der Waals surface area contributed by atoms with Gasteiger partial charge in [-0.2, -0.15) is 4.98 Å². The number of hydrogen-bond donors (Lipinski definition) is 0. The van der Waals surface area contributed by atoms with Gasteiger partial charge in [0.2, 0.25) is 5.88 Å². The Balaban J connectivity index is 2.87. The zero-order chi connectivity index (χ0) is 12.7. The summed E-state index contributed by atoms with van der Waals surface area (Å²) >= 11 is 3.44. The van der Waals surface area contributed by atoms with Crippen molar-refractivity contribution in [3.8, 4) is 5.88 Å². The van der Waals surface area contributed by atoms with Crippen LogP contribution in [0.15, 0.2) is 6.07 Å². The summed E-state index contributed by atoms with van der Waals surface area (Å²) in [4.78, 5) is 10.7. The molecule has 1 aromatic heterocycles. The normalized spacial score (nSPS) is 10.4. The van der Waals surface area contributed by atoms with Crippen molar-refractivity contribution < 1.29 is 9.47 Å². The van der Waals surface area contributed by atoms with Crippen LogP contribution >= 0.6 is 15.9 Å². The average molecular weight is 304 g/mol. The molecule has 0 aliphatic rings. The maximum Gasteiger partial charge on any atom is 0.218 e. The van der Waals surface area contributed by atoms with E-state index >= 15 is 0 Å². The predicted octanol–water partition coefficient (Wildman–Crippen LogP) is 1.64. The van der Waals surface area contributed by atoms with Gasteiger partial charge in [-0.1, -0.05) is 15.9 Å². The third-order valence-corrected chi connectivity index (χ3v) is 2.61. The number of nitrogens with zero attached hydrogens (tertiary/aromatic N) is 3. The molecule has 0 bridgehead atoms. The van der Waals surface area contributed by atoms with Crippen LogP contribution in [0.1, 0.15) is 5.82 Å². The van der Waals surface area contributed by atoms with Gasteiger partial charge in [0.15, 0.2) is 0 Å². The molecular formula is C11H18BrN3O2. The number of anilines is 1. The van der Waals surface area contributed by atoms with Crippen LogP contribution in [0.25, 0.3) is 0 Å². The standard InChI is InChI=1S/C11H18BrN3O2/c1-9-13-10(8-11(14-9)17-3)15(5-4-12)6-7-16-2/h8H,4-7H2,1-3H3. The maximum absolute atomic E-state index is 5.15. The fourth-order valence-corrected chi connectivity index (χ4v) is 1.86. The molecule has 17 heavy (non-hydrogen) atoms. The molecule has 5 nitrogen and oxygen atoms in total. The summed E-state index contributed by atoms with van der Waals surface area (Å²) in [5.41, 5.74) is 0. The second kappa shape index (κ2) is 7.45. The van der Waals surface area contributed by atoms with Crippen molar-refractivity contribution in [1.29, 1.82) is 0 Å². The van der Waals surface area contributed by atoms with Gasteiger partial charge in [0.25, 0.3) is 0 Å². The molecule has 0 aromatic carbocycles. The zero-order valence-electron chi connectivity index (χ0n) is 10.4. The van der Waals surface area contributed by atoms with Crippen molar-refractivity contribution in [2.75, 3.05) is 44.1 Å². The third-order valence-electron chi connectivity index (χ3n) is 2.25. The van der Waals surface area contributed by atoms with Crippen LogP contribution in [0.2, 0.25) is 0 Å². The molecule has 0 unspecified atom stereocenters. The monoisotopic (exact) mass is 303 g/mol. The first-order valence-electron chi connectivity index (χ1n) is 5.40. The first-order chi connectivity index (χ1) is 8.21. The Labute approximate surface area is 110 Å². The van der Waals surface area contributed by atoms with Crippen LogP contribution in [-0.4, -0.2) is 49.2 Å². The van der Waals surface area contributed by atoms with Gasteiger partial charge in [-0.15, -0.1) is 0 Å². The maximum atomic E-state index is 5.15. The van der Waals surface area contributed by atoms with Gasteiger partial charge in [-0.05, 0) is 6.92 Å². The highest BCUT2D eigenvalue weighted by Gasteiger charge is 2.10. The van der Waals surface area contributed by atoms with Gasteiger partial charge < -0.3 is 14.4 Å². The van der Waals surface area contributed by atoms with Gasteiger partial charge in [-0.3, -0.25) is 0 Å². The highest BCUT2D eigenvalue weighted by Crippen LogP contribution is 2.17. The van der Waals surface area contributed by atoms with Crippen molar-refractivity contribution >= 4 is 21.7 Å². The lowest BCUT2D eigenvalue weighted by atomic mass is 10.4. The average Bonchev–Trinajstić information content (AvgIpc) is 2.33. The van der Waals surface area contributed by atoms with Gasteiger partial charge in [0.1, 0.15) is 11.6 Å². The molecule has 0 radical (unpaired) electrons. The minimum absolute atomic E-state index is 0.587. The molecule has 0 atom stereocenters. The Kier molecular flexibility index (Phi) is 6.21. The lowest BCUT2D eigenvalue weighted by Gasteiger charge is -2.22. The number of aromatic nitrogens is 2. The molecule has 0 aliphatic heterocycles. The number of hydrogen-bond acceptors (Lipinski definition) is 5. The number of aryl methyl sites for hydroxylation is 1. The molecule has 6 heteroatoms. The molecule has 0 saturated carbocycles. The molecule has 1 heterocycles. The summed E-state index contributed by atoms with van der Waals surface area (Å²) in [6, 6.07) is 1.84. The van der Waals surface area contributed by atoms with E-state index in [1.165, 1.54) is 0 Å². The Morgan fingerprint density at radius 2 is 2.06 bits per heavy atom. The number of alkyl halides is 1. The van der Waals surface area contributed by atoms with Crippen LogP contribution in [-0.2, 0) is 4.74 Å². The van der Waals surface area contributed by atoms with Crippen molar-refractivity contribution in [2.45, 2.75) is 6.92 Å². The third kappa shape index (κ3) is 4.47. The Morgan fingerprint density at radius 1 is 1.29 bits per heavy atom. The Hall–Kier alpha value is -0.880. The van der Waals surface area contributed by atoms with E-state index in [1.807, 2.05) is 13.0 Å². The molecule has 0 spiro atoms. The van der Waals surface area contributed by atoms with Gasteiger partial charge >= 0.3 is 0 Å². The van der Waals surface area contributed by atoms with E-state index in [0.717, 1.165) is 24.2 Å². The number of ether oxygens (including phenoxy) is 2. The first-order valence-corrected chi connectivity index (χ1v) is 6.53. The summed E-state index contributed by atoms with van der Waals surface area (Å²) in [5.74, 6) is 2.16. The minimum Gasteiger partial charge on any atom is -0.481 e. The predicted molar refractivity (Wildman–Crippen MR) is 71.2 cm³/mol. The molecular weight excluding hydrogens is 286 g/mol. The lowest BCUT2D eigenvalue weighted by Crippen LogP contribution is -2.30. The van der Waals surface area contributed by atoms with E-state index in [9.17, 15) is 0 Å². The Morgan fingerprint density at radius 3 is 2.65 bits per heavy atom. The number of halogens is 1. The molecule has 0 fully saturated rings. The molecule has 96 valence electrons. The van der Waals surface area contributed by atoms with Crippen molar-refractivity contribution in [3.63, 3.8) is 0 Å². The van der Waals surface area contributed by atoms with E-state index in [1.54, 1.807) is 14.2 Å². The largest absolute Gasteiger partial charge is 0.481 e. The molecule has 0 N–H and O–H groups in total. The molecule has 0 saturated heterocycles. The van der Waals surface area contributed by atoms with Crippen molar-refractivity contribution in [2.24, 2.45) is 0 Å². The first kappa shape index (κ1) is 14.2. The fourth-order valence-electron chi connectivity index (χ4n) is 1.44. The SMILES string of the molecule is COCCN(CCBr)c1cc(OC)nc(C)n1. The van der Waals surface area contributed by atoms with Gasteiger partial charge in [0, 0.05) is 31.6 Å². The molecule has 1 aromatic rings. The van der Waals surface area contributed by atoms with Crippen LogP contribution in [0.3, 0.4) is 0 Å². The molecule has 1 rings (SSSR count). The van der Waals surface area contributed by atoms with Gasteiger partial charge in [-0.25, -0.2) is 4.98 Å². The summed E-state index contributed by atoms with van der Waals surface area (Å²) in [7, 11) is 3.30. The smallest absolute Gasteiger partial charge is 0.218 e. The number of rotatable bonds is 7. The summed E-state index contributed by atoms with van der Waals surface area (Å²) < 4.78 is 10.2. The van der Waals surface area contributed by atoms with Crippen LogP contribution in [0, 0.1) is 6.92 Å². The second-order valence-corrected chi connectivity index (χ2v) is 4.28. The summed E-state index contributed by atoms with van der Waals surface area (Å²) in [5, 5.41) is 0.877. The fraction of sp³-hybridized carbons (Fsp3) is 0.636. The second-order valence-electron chi connectivity index (χ2n) is 3.48. The van der Waals surface area contributed by atoms with E-state index < -0.39 is 0 Å². The minimum atomic E-state index is 0.587. The van der Waals surface area contributed by atoms with E-state index in [2.05, 4.69) is 30.8 Å². The molecule has 0 amide bonds. The number of methoxy groups -OCH3 is 2. The topological polar surface area (TPSA) is 47.5 Å². The van der Waals surface area contributed by atoms with Crippen LogP contribution < -0.4 is 9.64 Å². The van der Waals surface area contributed by atoms with E-state index in [4.69, 9.17) is 9.47 Å². The van der Waals surface area contributed by atoms with E-state index in [-0.39, 0.29) is 0 Å². The van der Waals surface area contributed by atoms with E-state index in [0.29, 0.717) is 18.3 Å². The zero-order valence-corrected chi connectivity index (χ0v) is 12.0. The van der Waals surface area contributed by atoms with Crippen LogP contribution in [0.4, 0.5) is 5.82 Å². The molecule has 0 aliphatic carbocycles. The highest BCUT2D eigenvalue weighted by atomic mass is 79.9. The summed E-state index contributed by atoms with van der Waals surface area (Å²) in [6.45, 7) is 4.18. The highest BCUT2D eigenvalue weighted by molar-refractivity contribution is 9.09. The lowest BCUT2D eigenvalue weighted by molar-refractivity contribution is 0.205.